The largest absolute Gasteiger partial charge is 0.497 e. The lowest BCUT2D eigenvalue weighted by Crippen LogP contribution is -2.42. The highest BCUT2D eigenvalue weighted by Gasteiger charge is 2.20. The van der Waals surface area contributed by atoms with Crippen LogP contribution < -0.4 is 4.74 Å². The van der Waals surface area contributed by atoms with E-state index < -0.39 is 0 Å². The average Bonchev–Trinajstić information content (AvgIpc) is 2.47. The van der Waals surface area contributed by atoms with Crippen molar-refractivity contribution in [2.24, 2.45) is 0 Å². The van der Waals surface area contributed by atoms with Crippen molar-refractivity contribution in [2.45, 2.75) is 39.2 Å². The second kappa shape index (κ2) is 8.59. The van der Waals surface area contributed by atoms with Crippen LogP contribution in [0.4, 0.5) is 0 Å². The quantitative estimate of drug-likeness (QED) is 0.794. The van der Waals surface area contributed by atoms with Gasteiger partial charge in [-0.3, -0.25) is 4.79 Å². The number of hydrogen-bond donors (Lipinski definition) is 1. The molecule has 0 aliphatic carbocycles. The first-order valence-electron chi connectivity index (χ1n) is 7.19. The lowest BCUT2D eigenvalue weighted by molar-refractivity contribution is -0.133. The van der Waals surface area contributed by atoms with Gasteiger partial charge in [0, 0.05) is 12.6 Å². The van der Waals surface area contributed by atoms with E-state index in [2.05, 4.69) is 13.8 Å². The zero-order chi connectivity index (χ0) is 15.0. The molecule has 4 heteroatoms. The average molecular weight is 279 g/mol. The van der Waals surface area contributed by atoms with Crippen LogP contribution in [-0.4, -0.2) is 42.2 Å². The van der Waals surface area contributed by atoms with Crippen LogP contribution in [0.2, 0.25) is 0 Å². The van der Waals surface area contributed by atoms with Gasteiger partial charge in [-0.2, -0.15) is 0 Å². The van der Waals surface area contributed by atoms with E-state index >= 15 is 0 Å². The molecule has 20 heavy (non-hydrogen) atoms. The summed E-state index contributed by atoms with van der Waals surface area (Å²) in [6, 6.07) is 7.74. The fourth-order valence-electron chi connectivity index (χ4n) is 2.41. The fraction of sp³-hybridized carbons (Fsp3) is 0.562. The Morgan fingerprint density at radius 3 is 2.60 bits per heavy atom. The summed E-state index contributed by atoms with van der Waals surface area (Å²) in [5, 5.41) is 9.16. The first-order chi connectivity index (χ1) is 9.65. The molecule has 1 amide bonds. The van der Waals surface area contributed by atoms with Gasteiger partial charge < -0.3 is 14.7 Å². The molecule has 0 radical (unpaired) electrons. The smallest absolute Gasteiger partial charge is 0.227 e. The third kappa shape index (κ3) is 4.53. The molecule has 0 aliphatic rings. The number of rotatable bonds is 8. The van der Waals surface area contributed by atoms with E-state index in [1.54, 1.807) is 12.0 Å². The summed E-state index contributed by atoms with van der Waals surface area (Å²) < 4.78 is 5.17. The maximum Gasteiger partial charge on any atom is 0.227 e. The van der Waals surface area contributed by atoms with Crippen molar-refractivity contribution in [1.29, 1.82) is 0 Å². The minimum atomic E-state index is 0.000348. The van der Waals surface area contributed by atoms with E-state index in [4.69, 9.17) is 9.84 Å². The van der Waals surface area contributed by atoms with Crippen LogP contribution >= 0.6 is 0 Å². The molecular formula is C16H25NO3. The molecule has 0 saturated heterocycles. The summed E-state index contributed by atoms with van der Waals surface area (Å²) in [6.45, 7) is 4.53. The van der Waals surface area contributed by atoms with E-state index in [9.17, 15) is 4.79 Å². The second-order valence-corrected chi connectivity index (χ2v) is 4.81. The number of benzene rings is 1. The highest BCUT2D eigenvalue weighted by atomic mass is 16.5. The first-order valence-corrected chi connectivity index (χ1v) is 7.19. The molecule has 1 rings (SSSR count). The van der Waals surface area contributed by atoms with E-state index in [-0.39, 0.29) is 18.6 Å². The van der Waals surface area contributed by atoms with E-state index in [1.807, 2.05) is 24.3 Å². The first kappa shape index (κ1) is 16.5. The second-order valence-electron chi connectivity index (χ2n) is 4.81. The fourth-order valence-corrected chi connectivity index (χ4v) is 2.41. The SMILES string of the molecule is CCC(CC)N(CCO)C(=O)Cc1cccc(OC)c1. The highest BCUT2D eigenvalue weighted by molar-refractivity contribution is 5.79. The Balaban J connectivity index is 2.79. The van der Waals surface area contributed by atoms with Gasteiger partial charge >= 0.3 is 0 Å². The highest BCUT2D eigenvalue weighted by Crippen LogP contribution is 2.15. The predicted octanol–water partition coefficient (Wildman–Crippen LogP) is 2.25. The van der Waals surface area contributed by atoms with Gasteiger partial charge in [-0.25, -0.2) is 0 Å². The van der Waals surface area contributed by atoms with E-state index in [0.717, 1.165) is 24.2 Å². The van der Waals surface area contributed by atoms with Crippen molar-refractivity contribution in [3.8, 4) is 5.75 Å². The zero-order valence-electron chi connectivity index (χ0n) is 12.6. The van der Waals surface area contributed by atoms with Gasteiger partial charge in [-0.05, 0) is 30.5 Å². The summed E-state index contributed by atoms with van der Waals surface area (Å²) in [7, 11) is 1.61. The summed E-state index contributed by atoms with van der Waals surface area (Å²) in [4.78, 5) is 14.2. The Morgan fingerprint density at radius 2 is 2.05 bits per heavy atom. The number of carbonyl (C=O) groups excluding carboxylic acids is 1. The Hall–Kier alpha value is -1.55. The predicted molar refractivity (Wildman–Crippen MR) is 79.9 cm³/mol. The van der Waals surface area contributed by atoms with E-state index in [1.165, 1.54) is 0 Å². The Kier molecular flexibility index (Phi) is 7.09. The molecule has 0 aliphatic heterocycles. The van der Waals surface area contributed by atoms with Gasteiger partial charge in [-0.15, -0.1) is 0 Å². The molecule has 1 aromatic rings. The van der Waals surface area contributed by atoms with Gasteiger partial charge in [0.25, 0.3) is 0 Å². The standard InChI is InChI=1S/C16H25NO3/c1-4-14(5-2)17(9-10-18)16(19)12-13-7-6-8-15(11-13)20-3/h6-8,11,14,18H,4-5,9-10,12H2,1-3H3. The van der Waals surface area contributed by atoms with Crippen molar-refractivity contribution < 1.29 is 14.6 Å². The summed E-state index contributed by atoms with van der Waals surface area (Å²) >= 11 is 0. The van der Waals surface area contributed by atoms with Gasteiger partial charge in [-0.1, -0.05) is 26.0 Å². The van der Waals surface area contributed by atoms with Crippen molar-refractivity contribution in [3.05, 3.63) is 29.8 Å². The number of carbonyl (C=O) groups is 1. The van der Waals surface area contributed by atoms with Gasteiger partial charge in [0.2, 0.25) is 5.91 Å². The van der Waals surface area contributed by atoms with Crippen LogP contribution in [0, 0.1) is 0 Å². The van der Waals surface area contributed by atoms with Crippen molar-refractivity contribution in [2.75, 3.05) is 20.3 Å². The maximum atomic E-state index is 12.4. The number of methoxy groups -OCH3 is 1. The van der Waals surface area contributed by atoms with Crippen LogP contribution in [0.3, 0.4) is 0 Å². The van der Waals surface area contributed by atoms with Crippen LogP contribution in [0.1, 0.15) is 32.3 Å². The van der Waals surface area contributed by atoms with Gasteiger partial charge in [0.05, 0.1) is 20.1 Å². The summed E-state index contributed by atoms with van der Waals surface area (Å²) in [5.41, 5.74) is 0.934. The topological polar surface area (TPSA) is 49.8 Å². The molecule has 0 bridgehead atoms. The minimum absolute atomic E-state index is 0.000348. The van der Waals surface area contributed by atoms with Crippen LogP contribution in [0.15, 0.2) is 24.3 Å². The van der Waals surface area contributed by atoms with Gasteiger partial charge in [0.15, 0.2) is 0 Å². The number of aliphatic hydroxyl groups excluding tert-OH is 1. The van der Waals surface area contributed by atoms with E-state index in [0.29, 0.717) is 13.0 Å². The summed E-state index contributed by atoms with van der Waals surface area (Å²) in [5.74, 6) is 0.813. The van der Waals surface area contributed by atoms with Crippen molar-refractivity contribution >= 4 is 5.91 Å². The molecule has 1 N–H and O–H groups in total. The number of amides is 1. The molecule has 1 aromatic carbocycles. The molecule has 0 fully saturated rings. The lowest BCUT2D eigenvalue weighted by atomic mass is 10.1. The molecule has 0 aromatic heterocycles. The number of nitrogens with zero attached hydrogens (tertiary/aromatic N) is 1. The Morgan fingerprint density at radius 1 is 1.35 bits per heavy atom. The number of aliphatic hydroxyl groups is 1. The summed E-state index contributed by atoms with van der Waals surface area (Å²) in [6.07, 6.45) is 2.15. The Labute approximate surface area is 121 Å². The molecule has 112 valence electrons. The van der Waals surface area contributed by atoms with Crippen LogP contribution in [-0.2, 0) is 11.2 Å². The van der Waals surface area contributed by atoms with Crippen molar-refractivity contribution in [3.63, 3.8) is 0 Å². The number of ether oxygens (including phenoxy) is 1. The molecule has 0 atom stereocenters. The number of hydrogen-bond acceptors (Lipinski definition) is 3. The monoisotopic (exact) mass is 279 g/mol. The lowest BCUT2D eigenvalue weighted by Gasteiger charge is -2.30. The molecule has 0 unspecified atom stereocenters. The molecule has 0 saturated carbocycles. The van der Waals surface area contributed by atoms with Gasteiger partial charge in [0.1, 0.15) is 5.75 Å². The minimum Gasteiger partial charge on any atom is -0.497 e. The van der Waals surface area contributed by atoms with Crippen molar-refractivity contribution in [1.82, 2.24) is 4.90 Å². The zero-order valence-corrected chi connectivity index (χ0v) is 12.6. The molecular weight excluding hydrogens is 254 g/mol. The third-order valence-electron chi connectivity index (χ3n) is 3.53. The molecule has 0 heterocycles. The normalized spacial score (nSPS) is 10.7. The molecule has 4 nitrogen and oxygen atoms in total. The molecule has 0 spiro atoms. The Bertz CT molecular complexity index is 416. The third-order valence-corrected chi connectivity index (χ3v) is 3.53. The van der Waals surface area contributed by atoms with Crippen LogP contribution in [0.25, 0.3) is 0 Å². The van der Waals surface area contributed by atoms with Crippen LogP contribution in [0.5, 0.6) is 5.75 Å². The maximum absolute atomic E-state index is 12.4.